The lowest BCUT2D eigenvalue weighted by Gasteiger charge is -2.24. The molecule has 0 saturated carbocycles. The second-order valence-electron chi connectivity index (χ2n) is 31.8. The van der Waals surface area contributed by atoms with Crippen LogP contribution in [0, 0.1) is 0 Å². The molecule has 0 spiro atoms. The van der Waals surface area contributed by atoms with Crippen LogP contribution in [0.25, 0.3) is 0 Å². The van der Waals surface area contributed by atoms with E-state index < -0.39 is 90.3 Å². The van der Waals surface area contributed by atoms with Gasteiger partial charge in [-0.15, -0.1) is 0 Å². The Bertz CT molecular complexity index is 3880. The van der Waals surface area contributed by atoms with Gasteiger partial charge in [0.15, 0.2) is 53.2 Å². The van der Waals surface area contributed by atoms with Gasteiger partial charge in [-0.05, 0) is 226 Å². The molecule has 0 radical (unpaired) electrons. The van der Waals surface area contributed by atoms with E-state index in [2.05, 4.69) is 47.9 Å². The molecule has 123 heavy (non-hydrogen) atoms. The maximum absolute atomic E-state index is 13.3. The van der Waals surface area contributed by atoms with Crippen molar-refractivity contribution in [1.82, 2.24) is 47.9 Å². The predicted octanol–water partition coefficient (Wildman–Crippen LogP) is 15.1. The van der Waals surface area contributed by atoms with Gasteiger partial charge in [0.2, 0.25) is 0 Å². The maximum Gasteiger partial charge on any atom is 0.410 e. The second kappa shape index (κ2) is 51.3. The number of nitrogens with one attached hydrogen (secondary N) is 9. The third-order valence-electron chi connectivity index (χ3n) is 18.1. The first kappa shape index (κ1) is 97.7. The lowest BCUT2D eigenvalue weighted by Crippen LogP contribution is -2.43. The Morgan fingerprint density at radius 3 is 0.756 bits per heavy atom. The third kappa shape index (κ3) is 39.3. The van der Waals surface area contributed by atoms with E-state index in [9.17, 15) is 43.2 Å². The minimum absolute atomic E-state index is 0.117. The average Bonchev–Trinajstić information content (AvgIpc) is 1.69. The summed E-state index contributed by atoms with van der Waals surface area (Å²) in [6.07, 6.45) is -4.07. The Labute approximate surface area is 720 Å². The Kier molecular flexibility index (Phi) is 40.8. The standard InChI is InChI=1S/C90H123N9O24/c1-88(2,3)121-85(106)97-76(37-22-25-40-91-79(100)115-58-61-31-16-13-17-32-61)118-82(103)94-43-28-46-112-73-55-67-49-65-53-71(110-11)75(114-48-30-45-96-84(105)120-78(99-87(108)123-90(7,8)9)39-24-27-42-93-81(102)117-60-63-35-20-15-21-36-63)57-69(65)51-66-54-72(111-12)74(56-68(66)50-64(67)52-70(73)109-10)113-47-29-44-95-83(104)119-77(98-86(107)122-89(4,5)6)38-23-26-41-92-80(101)116-59-62-33-18-14-19-34-62/h13-21,31-36,52-57,76-78H,22-30,37-51,58-60H2,1-12H3,(H,91,100)(H,92,101)(H,93,102)(H,94,103)(H,95,104)(H,96,105)(H,97,106)(H,98,107)(H,99,108)/t76-,77-,78-/m0/s1. The Morgan fingerprint density at radius 2 is 0.520 bits per heavy atom. The SMILES string of the molecule is COc1cc2c(cc1OCCCNC(=O)O[C@@H](CCCCNC(=O)OCc1ccccc1)NC(=O)OC(C)(C)C)Cc1cc(OC)c(OCCCNC(=O)O[C@@H](CCCCNC(=O)OCc3ccccc3)NC(=O)OC(C)(C)C)cc1Cc1cc(OC)c(OCCCNC(=O)O[C@@H](CCCCNC(=O)OCc3ccccc3)NC(=O)OC(C)(C)C)cc1C2. The van der Waals surface area contributed by atoms with Crippen molar-refractivity contribution in [2.75, 3.05) is 80.4 Å². The summed E-state index contributed by atoms with van der Waals surface area (Å²) in [6, 6.07) is 39.4. The lowest BCUT2D eigenvalue weighted by molar-refractivity contribution is 0.0251. The largest absolute Gasteiger partial charge is 0.493 e. The third-order valence-corrected chi connectivity index (χ3v) is 18.1. The van der Waals surface area contributed by atoms with Crippen molar-refractivity contribution in [1.29, 1.82) is 0 Å². The topological polar surface area (TPSA) is 400 Å². The molecule has 33 nitrogen and oxygen atoms in total. The zero-order valence-electron chi connectivity index (χ0n) is 72.7. The van der Waals surface area contributed by atoms with E-state index in [1.54, 1.807) is 83.6 Å². The minimum Gasteiger partial charge on any atom is -0.493 e. The smallest absolute Gasteiger partial charge is 0.410 e. The summed E-state index contributed by atoms with van der Waals surface area (Å²) < 4.78 is 86.8. The first-order valence-electron chi connectivity index (χ1n) is 41.5. The number of amides is 9. The van der Waals surface area contributed by atoms with Gasteiger partial charge in [-0.3, -0.25) is 16.0 Å². The first-order valence-corrected chi connectivity index (χ1v) is 41.5. The predicted molar refractivity (Wildman–Crippen MR) is 456 cm³/mol. The van der Waals surface area contributed by atoms with Crippen LogP contribution in [0.2, 0.25) is 0 Å². The van der Waals surface area contributed by atoms with Crippen LogP contribution in [0.5, 0.6) is 34.5 Å². The molecular formula is C90H123N9O24. The Morgan fingerprint density at radius 1 is 0.293 bits per heavy atom. The van der Waals surface area contributed by atoms with Gasteiger partial charge in [-0.1, -0.05) is 91.0 Å². The Balaban J connectivity index is 1.02. The highest BCUT2D eigenvalue weighted by Crippen LogP contribution is 2.41. The summed E-state index contributed by atoms with van der Waals surface area (Å²) in [6.45, 7) is 17.4. The summed E-state index contributed by atoms with van der Waals surface area (Å²) in [4.78, 5) is 116. The molecule has 9 N–H and O–H groups in total. The van der Waals surface area contributed by atoms with Gasteiger partial charge >= 0.3 is 54.8 Å². The van der Waals surface area contributed by atoms with Crippen molar-refractivity contribution in [2.45, 2.75) is 214 Å². The average molecular weight is 1720 g/mol. The second-order valence-corrected chi connectivity index (χ2v) is 31.8. The molecule has 672 valence electrons. The molecule has 0 fully saturated rings. The molecule has 6 aromatic rings. The molecule has 0 heterocycles. The van der Waals surface area contributed by atoms with Crippen molar-refractivity contribution < 1.29 is 114 Å². The Hall–Kier alpha value is -12.5. The summed E-state index contributed by atoms with van der Waals surface area (Å²) in [5, 5.41) is 24.3. The maximum atomic E-state index is 13.3. The fourth-order valence-corrected chi connectivity index (χ4v) is 12.3. The van der Waals surface area contributed by atoms with Gasteiger partial charge in [-0.25, -0.2) is 43.2 Å². The highest BCUT2D eigenvalue weighted by Gasteiger charge is 2.28. The van der Waals surface area contributed by atoms with E-state index in [0.717, 1.165) is 50.1 Å². The zero-order valence-corrected chi connectivity index (χ0v) is 72.7. The quantitative estimate of drug-likeness (QED) is 0.00972. The van der Waals surface area contributed by atoms with Crippen LogP contribution >= 0.6 is 0 Å². The molecule has 6 aromatic carbocycles. The molecule has 1 aliphatic rings. The van der Waals surface area contributed by atoms with E-state index in [0.29, 0.717) is 112 Å². The van der Waals surface area contributed by atoms with Crippen LogP contribution in [0.4, 0.5) is 43.2 Å². The van der Waals surface area contributed by atoms with Crippen molar-refractivity contribution >= 4 is 54.8 Å². The van der Waals surface area contributed by atoms with E-state index in [-0.39, 0.29) is 98.2 Å². The van der Waals surface area contributed by atoms with Crippen LogP contribution in [0.3, 0.4) is 0 Å². The minimum atomic E-state index is -1.07. The number of hydrogen-bond donors (Lipinski definition) is 9. The van der Waals surface area contributed by atoms with Crippen molar-refractivity contribution in [3.63, 3.8) is 0 Å². The van der Waals surface area contributed by atoms with E-state index in [4.69, 9.17) is 71.1 Å². The number of rotatable bonds is 45. The number of carbonyl (C=O) groups excluding carboxylic acids is 9. The molecule has 7 rings (SSSR count). The molecule has 33 heteroatoms. The van der Waals surface area contributed by atoms with Gasteiger partial charge in [0.25, 0.3) is 0 Å². The number of alkyl carbamates (subject to hydrolysis) is 9. The summed E-state index contributed by atoms with van der Waals surface area (Å²) in [5.74, 6) is 2.60. The molecule has 0 aliphatic heterocycles. The molecule has 0 saturated heterocycles. The number of ether oxygens (including phenoxy) is 15. The first-order chi connectivity index (χ1) is 58.9. The summed E-state index contributed by atoms with van der Waals surface area (Å²) >= 11 is 0. The molecule has 0 aromatic heterocycles. The molecule has 1 aliphatic carbocycles. The molecular weight excluding hydrogens is 1590 g/mol. The van der Waals surface area contributed by atoms with Crippen LogP contribution in [0.15, 0.2) is 127 Å². The van der Waals surface area contributed by atoms with E-state index in [1.807, 2.05) is 127 Å². The fraction of sp³-hybridized carbons (Fsp3) is 0.500. The zero-order chi connectivity index (χ0) is 89.0. The monoisotopic (exact) mass is 1710 g/mol. The number of methoxy groups -OCH3 is 3. The van der Waals surface area contributed by atoms with Crippen LogP contribution in [-0.4, -0.2) is 171 Å². The van der Waals surface area contributed by atoms with E-state index >= 15 is 0 Å². The van der Waals surface area contributed by atoms with Gasteiger partial charge in [-0.2, -0.15) is 0 Å². The van der Waals surface area contributed by atoms with Gasteiger partial charge in [0.1, 0.15) is 36.6 Å². The lowest BCUT2D eigenvalue weighted by atomic mass is 9.94. The number of hydrogen-bond acceptors (Lipinski definition) is 24. The van der Waals surface area contributed by atoms with Crippen molar-refractivity contribution in [3.8, 4) is 34.5 Å². The molecule has 0 unspecified atom stereocenters. The van der Waals surface area contributed by atoms with Crippen molar-refractivity contribution in [3.05, 3.63) is 177 Å². The number of benzene rings is 6. The number of fused-ring (bicyclic) bond motifs is 3. The van der Waals surface area contributed by atoms with Gasteiger partial charge < -0.3 is 103 Å². The van der Waals surface area contributed by atoms with Crippen LogP contribution in [0.1, 0.15) is 189 Å². The number of carbonyl (C=O) groups is 9. The van der Waals surface area contributed by atoms with E-state index in [1.165, 1.54) is 0 Å². The molecule has 0 bridgehead atoms. The highest BCUT2D eigenvalue weighted by molar-refractivity contribution is 5.73. The van der Waals surface area contributed by atoms with Crippen LogP contribution in [-0.2, 0) is 81.7 Å². The fourth-order valence-electron chi connectivity index (χ4n) is 12.3. The molecule has 9 amide bonds. The summed E-state index contributed by atoms with van der Waals surface area (Å²) in [7, 11) is 4.63. The summed E-state index contributed by atoms with van der Waals surface area (Å²) in [5.41, 5.74) is 5.37. The van der Waals surface area contributed by atoms with Gasteiger partial charge in [0, 0.05) is 58.5 Å². The van der Waals surface area contributed by atoms with Gasteiger partial charge in [0.05, 0.1) is 41.2 Å². The normalized spacial score (nSPS) is 12.3. The van der Waals surface area contributed by atoms with Crippen molar-refractivity contribution in [2.24, 2.45) is 0 Å². The molecule has 3 atom stereocenters. The highest BCUT2D eigenvalue weighted by atomic mass is 16.6. The van der Waals surface area contributed by atoms with Crippen LogP contribution < -0.4 is 76.3 Å². The number of unbranched alkanes of at least 4 members (excludes halogenated alkanes) is 3.